The number of rotatable bonds is 8. The van der Waals surface area contributed by atoms with E-state index in [1.165, 1.54) is 5.56 Å². The number of anilines is 1. The highest BCUT2D eigenvalue weighted by molar-refractivity contribution is 7.99. The van der Waals surface area contributed by atoms with Crippen molar-refractivity contribution in [2.45, 2.75) is 26.1 Å². The van der Waals surface area contributed by atoms with E-state index in [0.717, 1.165) is 35.7 Å². The fraction of sp³-hybridized carbons (Fsp3) is 0.300. The number of imidazole rings is 1. The summed E-state index contributed by atoms with van der Waals surface area (Å²) < 4.78 is 2.03. The number of carbonyl (C=O) groups excluding carboxylic acids is 1. The molecule has 2 aromatic heterocycles. The molecule has 0 fully saturated rings. The lowest BCUT2D eigenvalue weighted by molar-refractivity contribution is -0.113. The Balaban J connectivity index is 1.52. The van der Waals surface area contributed by atoms with Crippen molar-refractivity contribution in [3.8, 4) is 0 Å². The van der Waals surface area contributed by atoms with E-state index < -0.39 is 0 Å². The van der Waals surface area contributed by atoms with Crippen molar-refractivity contribution in [3.05, 3.63) is 65.6 Å². The average molecular weight is 369 g/mol. The first-order valence-electron chi connectivity index (χ1n) is 8.76. The molecule has 6 heteroatoms. The van der Waals surface area contributed by atoms with Gasteiger partial charge in [0.25, 0.3) is 0 Å². The van der Waals surface area contributed by atoms with Crippen LogP contribution in [0.25, 0.3) is 5.65 Å². The van der Waals surface area contributed by atoms with Crippen LogP contribution in [0, 0.1) is 6.92 Å². The Bertz CT molecular complexity index is 890. The molecule has 0 bridgehead atoms. The van der Waals surface area contributed by atoms with E-state index in [9.17, 15) is 4.79 Å². The molecular formula is C20H24N4OS. The largest absolute Gasteiger partial charge is 0.325 e. The van der Waals surface area contributed by atoms with Crippen molar-refractivity contribution < 1.29 is 4.79 Å². The van der Waals surface area contributed by atoms with Crippen LogP contribution in [-0.2, 0) is 17.1 Å². The molecule has 0 unspecified atom stereocenters. The van der Waals surface area contributed by atoms with E-state index in [2.05, 4.69) is 41.7 Å². The summed E-state index contributed by atoms with van der Waals surface area (Å²) in [6, 6.07) is 12.0. The van der Waals surface area contributed by atoms with Gasteiger partial charge in [-0.05, 0) is 36.7 Å². The third kappa shape index (κ3) is 4.86. The molecule has 26 heavy (non-hydrogen) atoms. The monoisotopic (exact) mass is 368 g/mol. The minimum absolute atomic E-state index is 0.0126. The third-order valence-corrected chi connectivity index (χ3v) is 4.96. The second kappa shape index (κ2) is 8.87. The van der Waals surface area contributed by atoms with Crippen molar-refractivity contribution in [1.29, 1.82) is 0 Å². The summed E-state index contributed by atoms with van der Waals surface area (Å²) in [5.41, 5.74) is 5.10. The molecule has 2 N–H and O–H groups in total. The van der Waals surface area contributed by atoms with Crippen molar-refractivity contribution in [1.82, 2.24) is 14.7 Å². The number of thioether (sulfide) groups is 1. The normalized spacial score (nSPS) is 11.0. The highest BCUT2D eigenvalue weighted by Crippen LogP contribution is 2.17. The van der Waals surface area contributed by atoms with Crippen LogP contribution < -0.4 is 10.6 Å². The highest BCUT2D eigenvalue weighted by Gasteiger charge is 2.08. The Labute approximate surface area is 158 Å². The smallest absolute Gasteiger partial charge is 0.234 e. The molecule has 2 heterocycles. The topological polar surface area (TPSA) is 58.4 Å². The second-order valence-corrected chi connectivity index (χ2v) is 7.17. The van der Waals surface area contributed by atoms with Crippen molar-refractivity contribution in [2.75, 3.05) is 17.6 Å². The van der Waals surface area contributed by atoms with Gasteiger partial charge in [-0.2, -0.15) is 0 Å². The minimum atomic E-state index is 0.0126. The van der Waals surface area contributed by atoms with Crippen LogP contribution >= 0.6 is 11.8 Å². The fourth-order valence-corrected chi connectivity index (χ4v) is 3.42. The molecule has 0 atom stereocenters. The van der Waals surface area contributed by atoms with Crippen molar-refractivity contribution >= 4 is 29.0 Å². The number of pyridine rings is 1. The molecule has 0 aliphatic heterocycles. The number of carbonyl (C=O) groups is 1. The first kappa shape index (κ1) is 18.5. The van der Waals surface area contributed by atoms with Gasteiger partial charge in [0.2, 0.25) is 5.91 Å². The number of fused-ring (bicyclic) bond motifs is 1. The van der Waals surface area contributed by atoms with Gasteiger partial charge >= 0.3 is 0 Å². The summed E-state index contributed by atoms with van der Waals surface area (Å²) in [5, 5.41) is 6.31. The van der Waals surface area contributed by atoms with Gasteiger partial charge in [-0.3, -0.25) is 4.79 Å². The maximum absolute atomic E-state index is 12.3. The zero-order valence-electron chi connectivity index (χ0n) is 15.2. The number of aryl methyl sites for hydroxylation is 1. The Morgan fingerprint density at radius 1 is 1.19 bits per heavy atom. The first-order chi connectivity index (χ1) is 12.7. The number of amides is 1. The molecule has 3 aromatic rings. The number of para-hydroxylation sites is 1. The van der Waals surface area contributed by atoms with Crippen LogP contribution in [0.2, 0.25) is 0 Å². The van der Waals surface area contributed by atoms with Crippen LogP contribution in [0.3, 0.4) is 0 Å². The van der Waals surface area contributed by atoms with Crippen molar-refractivity contribution in [2.24, 2.45) is 0 Å². The van der Waals surface area contributed by atoms with Gasteiger partial charge in [-0.1, -0.05) is 31.2 Å². The Kier molecular flexibility index (Phi) is 6.30. The molecule has 136 valence electrons. The fourth-order valence-electron chi connectivity index (χ4n) is 2.72. The van der Waals surface area contributed by atoms with Crippen LogP contribution in [-0.4, -0.2) is 27.6 Å². The summed E-state index contributed by atoms with van der Waals surface area (Å²) >= 11 is 1.57. The lowest BCUT2D eigenvalue weighted by atomic mass is 10.1. The van der Waals surface area contributed by atoms with Crippen LogP contribution in [0.4, 0.5) is 5.69 Å². The lowest BCUT2D eigenvalue weighted by Gasteiger charge is -2.11. The van der Waals surface area contributed by atoms with Crippen LogP contribution in [0.15, 0.2) is 48.8 Å². The Morgan fingerprint density at radius 3 is 2.88 bits per heavy atom. The summed E-state index contributed by atoms with van der Waals surface area (Å²) in [6.45, 7) is 5.78. The summed E-state index contributed by atoms with van der Waals surface area (Å²) in [6.07, 6.45) is 4.09. The number of aromatic nitrogens is 2. The number of benzene rings is 1. The summed E-state index contributed by atoms with van der Waals surface area (Å²) in [7, 11) is 0. The Hall–Kier alpha value is -2.31. The Morgan fingerprint density at radius 2 is 2.04 bits per heavy atom. The molecule has 1 aromatic carbocycles. The average Bonchev–Trinajstić information content (AvgIpc) is 3.02. The molecule has 0 radical (unpaired) electrons. The molecule has 0 saturated carbocycles. The van der Waals surface area contributed by atoms with E-state index in [1.54, 1.807) is 11.8 Å². The predicted molar refractivity (Wildman–Crippen MR) is 109 cm³/mol. The van der Waals surface area contributed by atoms with Gasteiger partial charge in [0.15, 0.2) is 0 Å². The van der Waals surface area contributed by atoms with E-state index >= 15 is 0 Å². The summed E-state index contributed by atoms with van der Waals surface area (Å²) in [4.78, 5) is 16.9. The van der Waals surface area contributed by atoms with E-state index in [-0.39, 0.29) is 5.91 Å². The zero-order valence-corrected chi connectivity index (χ0v) is 16.0. The molecule has 0 saturated heterocycles. The number of nitrogens with zero attached hydrogens (tertiary/aromatic N) is 2. The van der Waals surface area contributed by atoms with E-state index in [1.807, 2.05) is 40.9 Å². The van der Waals surface area contributed by atoms with Gasteiger partial charge in [0, 0.05) is 30.4 Å². The van der Waals surface area contributed by atoms with E-state index in [0.29, 0.717) is 11.5 Å². The van der Waals surface area contributed by atoms with Gasteiger partial charge in [-0.25, -0.2) is 4.98 Å². The van der Waals surface area contributed by atoms with Crippen LogP contribution in [0.5, 0.6) is 0 Å². The highest BCUT2D eigenvalue weighted by atomic mass is 32.2. The minimum Gasteiger partial charge on any atom is -0.325 e. The van der Waals surface area contributed by atoms with E-state index in [4.69, 9.17) is 0 Å². The molecule has 0 aliphatic carbocycles. The standard InChI is InChI=1S/C20H24N4OS/c1-3-21-10-16-6-4-5-7-18(16)23-20(25)14-26-13-17-12-24-11-15(2)8-9-19(24)22-17/h4-9,11-12,21H,3,10,13-14H2,1-2H3,(H,23,25). The third-order valence-electron chi connectivity index (χ3n) is 3.99. The van der Waals surface area contributed by atoms with Gasteiger partial charge in [0.05, 0.1) is 11.4 Å². The van der Waals surface area contributed by atoms with Crippen molar-refractivity contribution in [3.63, 3.8) is 0 Å². The predicted octanol–water partition coefficient (Wildman–Crippen LogP) is 3.62. The molecule has 0 aliphatic rings. The quantitative estimate of drug-likeness (QED) is 0.637. The van der Waals surface area contributed by atoms with Gasteiger partial charge in [-0.15, -0.1) is 11.8 Å². The maximum Gasteiger partial charge on any atom is 0.234 e. The summed E-state index contributed by atoms with van der Waals surface area (Å²) in [5.74, 6) is 1.13. The second-order valence-electron chi connectivity index (χ2n) is 6.18. The molecule has 0 spiro atoms. The molecule has 5 nitrogen and oxygen atoms in total. The zero-order chi connectivity index (χ0) is 18.4. The first-order valence-corrected chi connectivity index (χ1v) is 9.91. The SMILES string of the molecule is CCNCc1ccccc1NC(=O)CSCc1cn2cc(C)ccc2n1. The van der Waals surface area contributed by atoms with Crippen LogP contribution in [0.1, 0.15) is 23.7 Å². The molecule has 3 rings (SSSR count). The number of nitrogens with one attached hydrogen (secondary N) is 2. The van der Waals surface area contributed by atoms with Gasteiger partial charge in [0.1, 0.15) is 5.65 Å². The van der Waals surface area contributed by atoms with Gasteiger partial charge < -0.3 is 15.0 Å². The number of hydrogen-bond acceptors (Lipinski definition) is 4. The number of hydrogen-bond donors (Lipinski definition) is 2. The molecular weight excluding hydrogens is 344 g/mol. The maximum atomic E-state index is 12.3. The lowest BCUT2D eigenvalue weighted by Crippen LogP contribution is -2.18. The molecule has 1 amide bonds.